The van der Waals surface area contributed by atoms with Crippen LogP contribution in [0.25, 0.3) is 0 Å². The second kappa shape index (κ2) is 2.85. The molecule has 2 heteroatoms. The first-order valence-electron chi connectivity index (χ1n) is 4.21. The highest BCUT2D eigenvalue weighted by atomic mass is 16.5. The molecule has 1 atom stereocenters. The third-order valence-corrected chi connectivity index (χ3v) is 2.45. The summed E-state index contributed by atoms with van der Waals surface area (Å²) in [6, 6.07) is 0. The quantitative estimate of drug-likeness (QED) is 0.652. The highest BCUT2D eigenvalue weighted by molar-refractivity contribution is 5.18. The lowest BCUT2D eigenvalue weighted by Crippen LogP contribution is -2.37. The van der Waals surface area contributed by atoms with Gasteiger partial charge in [-0.1, -0.05) is 20.4 Å². The Hall–Kier alpha value is -0.920. The topological polar surface area (TPSA) is 29.5 Å². The van der Waals surface area contributed by atoms with Crippen molar-refractivity contribution in [1.29, 1.82) is 0 Å². The van der Waals surface area contributed by atoms with Crippen LogP contribution in [0, 0.1) is 5.92 Å². The van der Waals surface area contributed by atoms with Crippen LogP contribution in [0.1, 0.15) is 27.2 Å². The van der Waals surface area contributed by atoms with E-state index >= 15 is 0 Å². The Morgan fingerprint density at radius 3 is 2.67 bits per heavy atom. The average molecular weight is 168 g/mol. The molecule has 0 fully saturated rings. The molecule has 0 saturated heterocycles. The molecule has 0 radical (unpaired) electrons. The maximum atomic E-state index is 9.38. The number of rotatable bonds is 1. The molecule has 1 aliphatic rings. The molecule has 0 aromatic heterocycles. The lowest BCUT2D eigenvalue weighted by atomic mass is 9.86. The van der Waals surface area contributed by atoms with E-state index in [2.05, 4.69) is 20.4 Å². The molecule has 1 heterocycles. The van der Waals surface area contributed by atoms with Gasteiger partial charge in [0.15, 0.2) is 0 Å². The van der Waals surface area contributed by atoms with Crippen molar-refractivity contribution in [2.45, 2.75) is 32.8 Å². The van der Waals surface area contributed by atoms with Crippen LogP contribution in [0.5, 0.6) is 0 Å². The minimum absolute atomic E-state index is 0.296. The molecule has 0 aromatic rings. The van der Waals surface area contributed by atoms with E-state index in [9.17, 15) is 5.11 Å². The van der Waals surface area contributed by atoms with Crippen LogP contribution in [-0.2, 0) is 4.74 Å². The molecule has 1 aliphatic heterocycles. The predicted molar refractivity (Wildman–Crippen MR) is 48.8 cm³/mol. The van der Waals surface area contributed by atoms with Crippen LogP contribution in [-0.4, -0.2) is 10.7 Å². The molecular weight excluding hydrogens is 152 g/mol. The molecule has 1 unspecified atom stereocenters. The number of hydrogen-bond donors (Lipinski definition) is 1. The van der Waals surface area contributed by atoms with Crippen molar-refractivity contribution in [2.75, 3.05) is 0 Å². The summed E-state index contributed by atoms with van der Waals surface area (Å²) >= 11 is 0. The zero-order valence-electron chi connectivity index (χ0n) is 7.92. The van der Waals surface area contributed by atoms with Crippen LogP contribution >= 0.6 is 0 Å². The van der Waals surface area contributed by atoms with Crippen LogP contribution < -0.4 is 0 Å². The minimum atomic E-state index is -0.296. The number of hydrogen-bond acceptors (Lipinski definition) is 2. The standard InChI is InChI=1S/C10H16O2/c1-7(2)10(4)6-9(11)5-8(3)12-10/h5,7,11H,3,6H2,1-2,4H3. The van der Waals surface area contributed by atoms with Crippen molar-refractivity contribution in [2.24, 2.45) is 5.92 Å². The van der Waals surface area contributed by atoms with Crippen molar-refractivity contribution >= 4 is 0 Å². The first-order valence-corrected chi connectivity index (χ1v) is 4.21. The van der Waals surface area contributed by atoms with Gasteiger partial charge in [0.1, 0.15) is 11.4 Å². The summed E-state index contributed by atoms with van der Waals surface area (Å²) in [6.07, 6.45) is 2.15. The SMILES string of the molecule is C=C1C=C(O)CC(C)(C(C)C)O1. The normalized spacial score (nSPS) is 30.0. The lowest BCUT2D eigenvalue weighted by Gasteiger charge is -2.37. The molecule has 2 nitrogen and oxygen atoms in total. The predicted octanol–water partition coefficient (Wildman–Crippen LogP) is 2.78. The van der Waals surface area contributed by atoms with Crippen LogP contribution in [0.15, 0.2) is 24.2 Å². The molecule has 0 aliphatic carbocycles. The Kier molecular flexibility index (Phi) is 2.18. The van der Waals surface area contributed by atoms with Gasteiger partial charge in [0.2, 0.25) is 0 Å². The van der Waals surface area contributed by atoms with E-state index in [4.69, 9.17) is 4.74 Å². The van der Waals surface area contributed by atoms with E-state index in [1.165, 1.54) is 0 Å². The Labute approximate surface area is 73.5 Å². The van der Waals surface area contributed by atoms with E-state index in [1.807, 2.05) is 6.92 Å². The Morgan fingerprint density at radius 1 is 1.67 bits per heavy atom. The molecule has 1 N–H and O–H groups in total. The van der Waals surface area contributed by atoms with E-state index in [0.29, 0.717) is 23.9 Å². The maximum Gasteiger partial charge on any atom is 0.116 e. The van der Waals surface area contributed by atoms with Gasteiger partial charge < -0.3 is 9.84 Å². The average Bonchev–Trinajstić information content (AvgIpc) is 1.82. The summed E-state index contributed by atoms with van der Waals surface area (Å²) in [5.41, 5.74) is -0.296. The van der Waals surface area contributed by atoms with Gasteiger partial charge in [-0.15, -0.1) is 0 Å². The van der Waals surface area contributed by atoms with Crippen LogP contribution in [0.3, 0.4) is 0 Å². The molecule has 1 rings (SSSR count). The van der Waals surface area contributed by atoms with Gasteiger partial charge in [-0.25, -0.2) is 0 Å². The Balaban J connectivity index is 2.85. The smallest absolute Gasteiger partial charge is 0.116 e. The second-order valence-corrected chi connectivity index (χ2v) is 3.85. The summed E-state index contributed by atoms with van der Waals surface area (Å²) in [6.45, 7) is 9.83. The summed E-state index contributed by atoms with van der Waals surface area (Å²) < 4.78 is 5.57. The third-order valence-electron chi connectivity index (χ3n) is 2.45. The Morgan fingerprint density at radius 2 is 2.25 bits per heavy atom. The molecule has 68 valence electrons. The molecular formula is C10H16O2. The van der Waals surface area contributed by atoms with Crippen molar-refractivity contribution in [1.82, 2.24) is 0 Å². The molecule has 0 bridgehead atoms. The highest BCUT2D eigenvalue weighted by Crippen LogP contribution is 2.34. The number of aliphatic hydroxyl groups excluding tert-OH is 1. The molecule has 0 spiro atoms. The van der Waals surface area contributed by atoms with Crippen molar-refractivity contribution in [3.8, 4) is 0 Å². The van der Waals surface area contributed by atoms with Gasteiger partial charge in [-0.05, 0) is 12.8 Å². The van der Waals surface area contributed by atoms with Gasteiger partial charge in [0.05, 0.1) is 5.76 Å². The highest BCUT2D eigenvalue weighted by Gasteiger charge is 2.34. The largest absolute Gasteiger partial charge is 0.512 e. The fraction of sp³-hybridized carbons (Fsp3) is 0.600. The van der Waals surface area contributed by atoms with Crippen LogP contribution in [0.2, 0.25) is 0 Å². The summed E-state index contributed by atoms with van der Waals surface area (Å²) in [4.78, 5) is 0. The zero-order valence-corrected chi connectivity index (χ0v) is 7.92. The van der Waals surface area contributed by atoms with Gasteiger partial charge in [0.25, 0.3) is 0 Å². The minimum Gasteiger partial charge on any atom is -0.512 e. The van der Waals surface area contributed by atoms with Gasteiger partial charge in [-0.3, -0.25) is 0 Å². The number of allylic oxidation sites excluding steroid dienone is 1. The van der Waals surface area contributed by atoms with E-state index in [-0.39, 0.29) is 5.60 Å². The second-order valence-electron chi connectivity index (χ2n) is 3.85. The molecule has 0 aromatic carbocycles. The van der Waals surface area contributed by atoms with Crippen LogP contribution in [0.4, 0.5) is 0 Å². The fourth-order valence-electron chi connectivity index (χ4n) is 1.28. The summed E-state index contributed by atoms with van der Waals surface area (Å²) in [7, 11) is 0. The van der Waals surface area contributed by atoms with E-state index in [1.54, 1.807) is 6.08 Å². The monoisotopic (exact) mass is 168 g/mol. The first-order chi connectivity index (χ1) is 5.44. The van der Waals surface area contributed by atoms with Crippen molar-refractivity contribution in [3.63, 3.8) is 0 Å². The summed E-state index contributed by atoms with van der Waals surface area (Å²) in [5, 5.41) is 9.38. The molecule has 0 saturated carbocycles. The molecule has 0 amide bonds. The molecule has 12 heavy (non-hydrogen) atoms. The lowest BCUT2D eigenvalue weighted by molar-refractivity contribution is -0.0310. The number of aliphatic hydroxyl groups is 1. The summed E-state index contributed by atoms with van der Waals surface area (Å²) in [5.74, 6) is 1.28. The Bertz CT molecular complexity index is 228. The van der Waals surface area contributed by atoms with Crippen molar-refractivity contribution in [3.05, 3.63) is 24.2 Å². The number of ether oxygens (including phenoxy) is 1. The maximum absolute atomic E-state index is 9.38. The van der Waals surface area contributed by atoms with Gasteiger partial charge >= 0.3 is 0 Å². The first kappa shape index (κ1) is 9.17. The van der Waals surface area contributed by atoms with Gasteiger partial charge in [-0.2, -0.15) is 0 Å². The van der Waals surface area contributed by atoms with Gasteiger partial charge in [0, 0.05) is 12.5 Å². The van der Waals surface area contributed by atoms with E-state index < -0.39 is 0 Å². The fourth-order valence-corrected chi connectivity index (χ4v) is 1.28. The van der Waals surface area contributed by atoms with Crippen molar-refractivity contribution < 1.29 is 9.84 Å². The van der Waals surface area contributed by atoms with E-state index in [0.717, 1.165) is 0 Å². The third kappa shape index (κ3) is 1.63. The zero-order chi connectivity index (χ0) is 9.35.